The van der Waals surface area contributed by atoms with Crippen LogP contribution in [-0.2, 0) is 0 Å². The third kappa shape index (κ3) is 4.58. The average molecular weight is 329 g/mol. The Morgan fingerprint density at radius 1 is 1.08 bits per heavy atom. The zero-order valence-electron chi connectivity index (χ0n) is 14.8. The Bertz CT molecular complexity index is 522. The molecule has 1 aliphatic heterocycles. The molecule has 132 valence electrons. The fourth-order valence-corrected chi connectivity index (χ4v) is 4.21. The highest BCUT2D eigenvalue weighted by molar-refractivity contribution is 5.94. The summed E-state index contributed by atoms with van der Waals surface area (Å²) in [5.41, 5.74) is 1.92. The molecule has 2 aliphatic rings. The lowest BCUT2D eigenvalue weighted by molar-refractivity contribution is 0.0953. The van der Waals surface area contributed by atoms with Gasteiger partial charge in [0.1, 0.15) is 0 Å². The first-order valence-corrected chi connectivity index (χ1v) is 9.55. The van der Waals surface area contributed by atoms with Gasteiger partial charge in [-0.15, -0.1) is 0 Å². The normalized spacial score (nSPS) is 27.1. The van der Waals surface area contributed by atoms with Crippen molar-refractivity contribution in [1.29, 1.82) is 0 Å². The molecule has 4 nitrogen and oxygen atoms in total. The third-order valence-corrected chi connectivity index (χ3v) is 5.57. The molecule has 1 amide bonds. The summed E-state index contributed by atoms with van der Waals surface area (Å²) in [4.78, 5) is 12.1. The highest BCUT2D eigenvalue weighted by Crippen LogP contribution is 2.31. The number of benzene rings is 1. The van der Waals surface area contributed by atoms with Gasteiger partial charge < -0.3 is 16.0 Å². The van der Waals surface area contributed by atoms with E-state index < -0.39 is 0 Å². The molecule has 1 aliphatic carbocycles. The van der Waals surface area contributed by atoms with Crippen LogP contribution in [0, 0.1) is 12.8 Å². The van der Waals surface area contributed by atoms with Gasteiger partial charge in [-0.2, -0.15) is 0 Å². The molecule has 0 spiro atoms. The summed E-state index contributed by atoms with van der Waals surface area (Å²) in [6, 6.07) is 9.04. The molecular formula is C20H31N3O. The van der Waals surface area contributed by atoms with E-state index >= 15 is 0 Å². The molecule has 0 aromatic heterocycles. The molecule has 3 rings (SSSR count). The first kappa shape index (κ1) is 17.4. The fourth-order valence-electron chi connectivity index (χ4n) is 4.21. The maximum atomic E-state index is 12.1. The quantitative estimate of drug-likeness (QED) is 0.703. The van der Waals surface area contributed by atoms with E-state index in [1.807, 2.05) is 31.2 Å². The minimum absolute atomic E-state index is 0.0220. The van der Waals surface area contributed by atoms with Gasteiger partial charge in [-0.05, 0) is 57.2 Å². The lowest BCUT2D eigenvalue weighted by Gasteiger charge is -2.33. The Morgan fingerprint density at radius 3 is 2.67 bits per heavy atom. The van der Waals surface area contributed by atoms with Crippen LogP contribution < -0.4 is 16.0 Å². The highest BCUT2D eigenvalue weighted by atomic mass is 16.1. The van der Waals surface area contributed by atoms with E-state index in [4.69, 9.17) is 0 Å². The number of nitrogens with one attached hydrogen (secondary N) is 3. The summed E-state index contributed by atoms with van der Waals surface area (Å²) in [6.07, 6.45) is 7.96. The first-order valence-electron chi connectivity index (χ1n) is 9.55. The van der Waals surface area contributed by atoms with Crippen LogP contribution in [0.4, 0.5) is 0 Å². The Kier molecular flexibility index (Phi) is 6.27. The smallest absolute Gasteiger partial charge is 0.251 e. The van der Waals surface area contributed by atoms with Gasteiger partial charge in [0.05, 0.1) is 0 Å². The molecule has 1 saturated carbocycles. The van der Waals surface area contributed by atoms with Gasteiger partial charge in [0.2, 0.25) is 0 Å². The van der Waals surface area contributed by atoms with Crippen molar-refractivity contribution in [2.24, 2.45) is 5.92 Å². The number of carbonyl (C=O) groups is 1. The molecule has 3 unspecified atom stereocenters. The van der Waals surface area contributed by atoms with E-state index in [0.717, 1.165) is 18.0 Å². The molecule has 1 saturated heterocycles. The van der Waals surface area contributed by atoms with Crippen LogP contribution in [0.1, 0.15) is 54.4 Å². The number of rotatable bonds is 6. The molecular weight excluding hydrogens is 298 g/mol. The number of hydrogen-bond acceptors (Lipinski definition) is 3. The number of amides is 1. The number of carbonyl (C=O) groups excluding carboxylic acids is 1. The monoisotopic (exact) mass is 329 g/mol. The van der Waals surface area contributed by atoms with Crippen LogP contribution in [0.25, 0.3) is 0 Å². The van der Waals surface area contributed by atoms with Crippen LogP contribution in [0.5, 0.6) is 0 Å². The van der Waals surface area contributed by atoms with Crippen LogP contribution in [-0.4, -0.2) is 37.6 Å². The first-order chi connectivity index (χ1) is 11.7. The van der Waals surface area contributed by atoms with Crippen molar-refractivity contribution in [2.75, 3.05) is 19.6 Å². The standard InChI is InChI=1S/C20H31N3O/c1-15-8-10-16(11-9-15)20(24)23-14-13-22-19-7-4-5-17(19)18-6-2-3-12-21-18/h8-11,17-19,21-22H,2-7,12-14H2,1H3,(H,23,24). The molecule has 24 heavy (non-hydrogen) atoms. The van der Waals surface area contributed by atoms with E-state index in [1.54, 1.807) is 0 Å². The Balaban J connectivity index is 1.39. The summed E-state index contributed by atoms with van der Waals surface area (Å²) in [6.45, 7) is 4.75. The molecule has 1 aromatic rings. The van der Waals surface area contributed by atoms with Crippen molar-refractivity contribution in [3.05, 3.63) is 35.4 Å². The fraction of sp³-hybridized carbons (Fsp3) is 0.650. The van der Waals surface area contributed by atoms with Crippen molar-refractivity contribution in [3.63, 3.8) is 0 Å². The lowest BCUT2D eigenvalue weighted by Crippen LogP contribution is -2.48. The van der Waals surface area contributed by atoms with Gasteiger partial charge in [0, 0.05) is 30.7 Å². The predicted molar refractivity (Wildman–Crippen MR) is 98.3 cm³/mol. The number of aryl methyl sites for hydroxylation is 1. The van der Waals surface area contributed by atoms with Crippen molar-refractivity contribution in [3.8, 4) is 0 Å². The second-order valence-electron chi connectivity index (χ2n) is 7.33. The van der Waals surface area contributed by atoms with Crippen molar-refractivity contribution < 1.29 is 4.79 Å². The second-order valence-corrected chi connectivity index (χ2v) is 7.33. The third-order valence-electron chi connectivity index (χ3n) is 5.57. The zero-order valence-corrected chi connectivity index (χ0v) is 14.8. The molecule has 2 fully saturated rings. The summed E-state index contributed by atoms with van der Waals surface area (Å²) in [5.74, 6) is 0.784. The predicted octanol–water partition coefficient (Wildman–Crippen LogP) is 2.63. The summed E-state index contributed by atoms with van der Waals surface area (Å²) in [5, 5.41) is 10.4. The molecule has 3 N–H and O–H groups in total. The number of piperidine rings is 1. The SMILES string of the molecule is Cc1ccc(C(=O)NCCNC2CCCC2C2CCCCN2)cc1. The molecule has 1 heterocycles. The second kappa shape index (κ2) is 8.63. The maximum Gasteiger partial charge on any atom is 0.251 e. The largest absolute Gasteiger partial charge is 0.351 e. The van der Waals surface area contributed by atoms with E-state index in [2.05, 4.69) is 16.0 Å². The van der Waals surface area contributed by atoms with Gasteiger partial charge in [-0.3, -0.25) is 4.79 Å². The lowest BCUT2D eigenvalue weighted by atomic mass is 9.88. The molecule has 1 aromatic carbocycles. The van der Waals surface area contributed by atoms with Gasteiger partial charge in [0.25, 0.3) is 5.91 Å². The number of hydrogen-bond donors (Lipinski definition) is 3. The Labute approximate surface area is 145 Å². The van der Waals surface area contributed by atoms with Gasteiger partial charge in [-0.1, -0.05) is 30.5 Å². The van der Waals surface area contributed by atoms with E-state index in [9.17, 15) is 4.79 Å². The van der Waals surface area contributed by atoms with Crippen LogP contribution in [0.15, 0.2) is 24.3 Å². The topological polar surface area (TPSA) is 53.2 Å². The zero-order chi connectivity index (χ0) is 16.8. The van der Waals surface area contributed by atoms with E-state index in [-0.39, 0.29) is 5.91 Å². The highest BCUT2D eigenvalue weighted by Gasteiger charge is 2.33. The van der Waals surface area contributed by atoms with Crippen molar-refractivity contribution >= 4 is 5.91 Å². The summed E-state index contributed by atoms with van der Waals surface area (Å²) < 4.78 is 0. The van der Waals surface area contributed by atoms with Gasteiger partial charge in [-0.25, -0.2) is 0 Å². The van der Waals surface area contributed by atoms with Crippen molar-refractivity contribution in [1.82, 2.24) is 16.0 Å². The van der Waals surface area contributed by atoms with Crippen LogP contribution in [0.3, 0.4) is 0 Å². The van der Waals surface area contributed by atoms with Gasteiger partial charge in [0.15, 0.2) is 0 Å². The molecule has 3 atom stereocenters. The molecule has 0 bridgehead atoms. The summed E-state index contributed by atoms with van der Waals surface area (Å²) in [7, 11) is 0. The van der Waals surface area contributed by atoms with E-state index in [1.165, 1.54) is 50.6 Å². The maximum absolute atomic E-state index is 12.1. The Hall–Kier alpha value is -1.39. The minimum atomic E-state index is 0.0220. The van der Waals surface area contributed by atoms with Crippen LogP contribution in [0.2, 0.25) is 0 Å². The Morgan fingerprint density at radius 2 is 1.92 bits per heavy atom. The van der Waals surface area contributed by atoms with Crippen LogP contribution >= 0.6 is 0 Å². The summed E-state index contributed by atoms with van der Waals surface area (Å²) >= 11 is 0. The minimum Gasteiger partial charge on any atom is -0.351 e. The van der Waals surface area contributed by atoms with E-state index in [0.29, 0.717) is 18.6 Å². The molecule has 4 heteroatoms. The van der Waals surface area contributed by atoms with Crippen molar-refractivity contribution in [2.45, 2.75) is 57.5 Å². The average Bonchev–Trinajstić information content (AvgIpc) is 3.08. The van der Waals surface area contributed by atoms with Gasteiger partial charge >= 0.3 is 0 Å². The molecule has 0 radical (unpaired) electrons.